The van der Waals surface area contributed by atoms with E-state index in [9.17, 15) is 18.0 Å². The zero-order chi connectivity index (χ0) is 36.1. The van der Waals surface area contributed by atoms with Crippen LogP contribution < -0.4 is 14.8 Å². The first kappa shape index (κ1) is 37.5. The lowest BCUT2D eigenvalue weighted by atomic mass is 9.90. The van der Waals surface area contributed by atoms with Crippen LogP contribution in [0.3, 0.4) is 0 Å². The predicted molar refractivity (Wildman–Crippen MR) is 188 cm³/mol. The van der Waals surface area contributed by atoms with Crippen molar-refractivity contribution in [1.82, 2.24) is 14.9 Å². The van der Waals surface area contributed by atoms with Crippen molar-refractivity contribution in [3.05, 3.63) is 83.4 Å². The number of nitrogens with zero attached hydrogens (tertiary/aromatic N) is 1. The van der Waals surface area contributed by atoms with Gasteiger partial charge in [0.2, 0.25) is 15.9 Å². The lowest BCUT2D eigenvalue weighted by molar-refractivity contribution is -0.143. The number of hydrogen-bond donors (Lipinski definition) is 2. The summed E-state index contributed by atoms with van der Waals surface area (Å²) in [5.74, 6) is -4.19. The summed E-state index contributed by atoms with van der Waals surface area (Å²) in [6, 6.07) is 14.6. The molecule has 5 rings (SSSR count). The number of carbonyl (C=O) groups excluding carboxylic acids is 2. The number of nitrogens with one attached hydrogen (secondary N) is 2. The lowest BCUT2D eigenvalue weighted by Crippen LogP contribution is -2.56. The molecule has 13 heteroatoms. The van der Waals surface area contributed by atoms with Crippen LogP contribution in [0.25, 0.3) is 11.1 Å². The summed E-state index contributed by atoms with van der Waals surface area (Å²) in [5, 5.41) is 3.19. The number of benzene rings is 3. The summed E-state index contributed by atoms with van der Waals surface area (Å²) in [6.45, 7) is 5.55. The SMILES string of the molecule is CC(C)(C)OC(=O)N[C@H]1CCN(C(=O)C(NS(=O)(=O)c2ccc(OCC3CCCCC3)cc2)C(F)(F)c2ccc(-c3ccc(Cl)cc3)cc2)C1. The maximum absolute atomic E-state index is 16.5. The molecule has 0 aromatic heterocycles. The number of amides is 2. The number of sulfonamides is 1. The Hall–Kier alpha value is -3.74. The van der Waals surface area contributed by atoms with Gasteiger partial charge in [-0.25, -0.2) is 13.2 Å². The molecule has 2 fully saturated rings. The quantitative estimate of drug-likeness (QED) is 0.211. The maximum atomic E-state index is 16.5. The Kier molecular flexibility index (Phi) is 11.7. The molecular formula is C37H44ClF2N3O6S. The van der Waals surface area contributed by atoms with Crippen molar-refractivity contribution in [3.8, 4) is 16.9 Å². The number of alkyl halides is 2. The lowest BCUT2D eigenvalue weighted by Gasteiger charge is -2.30. The van der Waals surface area contributed by atoms with Gasteiger partial charge < -0.3 is 19.7 Å². The smallest absolute Gasteiger partial charge is 0.407 e. The Balaban J connectivity index is 1.36. The van der Waals surface area contributed by atoms with Crippen LogP contribution in [0.1, 0.15) is 64.9 Å². The zero-order valence-corrected chi connectivity index (χ0v) is 30.0. The highest BCUT2D eigenvalue weighted by Crippen LogP contribution is 2.36. The van der Waals surface area contributed by atoms with E-state index in [0.717, 1.165) is 36.1 Å². The first-order chi connectivity index (χ1) is 23.6. The largest absolute Gasteiger partial charge is 0.493 e. The van der Waals surface area contributed by atoms with Crippen LogP contribution in [0.4, 0.5) is 13.6 Å². The molecule has 2 amide bonds. The molecule has 3 aromatic rings. The first-order valence-electron chi connectivity index (χ1n) is 16.9. The summed E-state index contributed by atoms with van der Waals surface area (Å²) in [4.78, 5) is 27.1. The number of carbonyl (C=O) groups is 2. The fourth-order valence-electron chi connectivity index (χ4n) is 6.21. The van der Waals surface area contributed by atoms with Crippen LogP contribution >= 0.6 is 11.6 Å². The minimum atomic E-state index is -4.62. The molecule has 1 aliphatic carbocycles. The normalized spacial score (nSPS) is 18.0. The number of ether oxygens (including phenoxy) is 2. The van der Waals surface area contributed by atoms with Crippen LogP contribution in [0.5, 0.6) is 5.75 Å². The van der Waals surface area contributed by atoms with Crippen LogP contribution in [-0.2, 0) is 25.5 Å². The maximum Gasteiger partial charge on any atom is 0.407 e. The molecule has 2 N–H and O–H groups in total. The van der Waals surface area contributed by atoms with Gasteiger partial charge in [-0.1, -0.05) is 67.3 Å². The van der Waals surface area contributed by atoms with Gasteiger partial charge >= 0.3 is 6.09 Å². The van der Waals surface area contributed by atoms with Crippen LogP contribution in [0.2, 0.25) is 5.02 Å². The predicted octanol–water partition coefficient (Wildman–Crippen LogP) is 7.53. The molecular weight excluding hydrogens is 688 g/mol. The molecule has 1 saturated carbocycles. The summed E-state index contributed by atoms with van der Waals surface area (Å²) in [7, 11) is -4.62. The Morgan fingerprint density at radius 2 is 1.50 bits per heavy atom. The molecule has 1 saturated heterocycles. The van der Waals surface area contributed by atoms with Crippen molar-refractivity contribution in [1.29, 1.82) is 0 Å². The van der Waals surface area contributed by atoms with Gasteiger partial charge in [-0.15, -0.1) is 0 Å². The van der Waals surface area contributed by atoms with Crippen LogP contribution in [-0.4, -0.2) is 62.7 Å². The van der Waals surface area contributed by atoms with E-state index in [-0.39, 0.29) is 24.4 Å². The number of rotatable bonds is 11. The molecule has 2 aliphatic rings. The summed E-state index contributed by atoms with van der Waals surface area (Å²) < 4.78 is 73.4. The number of likely N-dealkylation sites (tertiary alicyclic amines) is 1. The summed E-state index contributed by atoms with van der Waals surface area (Å²) >= 11 is 5.99. The Morgan fingerprint density at radius 1 is 0.900 bits per heavy atom. The molecule has 50 heavy (non-hydrogen) atoms. The molecule has 9 nitrogen and oxygen atoms in total. The van der Waals surface area contributed by atoms with Gasteiger partial charge in [-0.3, -0.25) is 4.79 Å². The van der Waals surface area contributed by atoms with Gasteiger partial charge in [0.05, 0.1) is 17.5 Å². The van der Waals surface area contributed by atoms with E-state index in [2.05, 4.69) is 5.32 Å². The van der Waals surface area contributed by atoms with Gasteiger partial charge in [0, 0.05) is 23.7 Å². The topological polar surface area (TPSA) is 114 Å². The molecule has 270 valence electrons. The third kappa shape index (κ3) is 9.73. The van der Waals surface area contributed by atoms with Crippen molar-refractivity contribution < 1.29 is 36.3 Å². The van der Waals surface area contributed by atoms with Gasteiger partial charge in [-0.05, 0) is 93.5 Å². The third-order valence-electron chi connectivity index (χ3n) is 8.90. The Labute approximate surface area is 297 Å². The van der Waals surface area contributed by atoms with E-state index >= 15 is 8.78 Å². The molecule has 1 aliphatic heterocycles. The van der Waals surface area contributed by atoms with E-state index in [1.165, 1.54) is 55.0 Å². The van der Waals surface area contributed by atoms with E-state index in [1.54, 1.807) is 45.0 Å². The second kappa shape index (κ2) is 15.7. The van der Waals surface area contributed by atoms with E-state index in [1.807, 2.05) is 4.72 Å². The molecule has 1 heterocycles. The molecule has 0 bridgehead atoms. The molecule has 2 atom stereocenters. The minimum Gasteiger partial charge on any atom is -0.493 e. The van der Waals surface area contributed by atoms with Crippen molar-refractivity contribution in [2.24, 2.45) is 5.92 Å². The zero-order valence-electron chi connectivity index (χ0n) is 28.5. The molecule has 1 unspecified atom stereocenters. The fraction of sp³-hybridized carbons (Fsp3) is 0.459. The number of hydrogen-bond acceptors (Lipinski definition) is 6. The van der Waals surface area contributed by atoms with Crippen molar-refractivity contribution in [2.75, 3.05) is 19.7 Å². The van der Waals surface area contributed by atoms with Gasteiger partial charge in [0.25, 0.3) is 5.92 Å². The highest BCUT2D eigenvalue weighted by Gasteiger charge is 2.50. The average molecular weight is 732 g/mol. The van der Waals surface area contributed by atoms with E-state index < -0.39 is 51.2 Å². The standard InChI is InChI=1S/C37H44ClF2N3O6S/c1-36(2,3)49-35(45)41-30-21-22-43(23-30)34(44)33(37(39,40)28-13-9-26(10-14-28)27-11-15-29(38)16-12-27)42-50(46,47)32-19-17-31(18-20-32)48-24-25-7-5-4-6-8-25/h9-20,25,30,33,42H,4-8,21-24H2,1-3H3,(H,41,45)/t30-,33?/m0/s1. The third-order valence-corrected chi connectivity index (χ3v) is 10.6. The van der Waals surface area contributed by atoms with Gasteiger partial charge in [0.1, 0.15) is 11.4 Å². The summed E-state index contributed by atoms with van der Waals surface area (Å²) in [5.41, 5.74) is 0.0627. The molecule has 3 aromatic carbocycles. The molecule has 0 radical (unpaired) electrons. The van der Waals surface area contributed by atoms with Gasteiger partial charge in [-0.2, -0.15) is 13.5 Å². The monoisotopic (exact) mass is 731 g/mol. The average Bonchev–Trinajstić information content (AvgIpc) is 3.54. The van der Waals surface area contributed by atoms with Gasteiger partial charge in [0.15, 0.2) is 6.04 Å². The number of halogens is 3. The van der Waals surface area contributed by atoms with Crippen LogP contribution in [0.15, 0.2) is 77.7 Å². The van der Waals surface area contributed by atoms with Crippen molar-refractivity contribution in [2.45, 2.75) is 87.8 Å². The van der Waals surface area contributed by atoms with Crippen molar-refractivity contribution >= 4 is 33.6 Å². The second-order valence-electron chi connectivity index (χ2n) is 14.0. The number of alkyl carbamates (subject to hydrolysis) is 1. The highest BCUT2D eigenvalue weighted by molar-refractivity contribution is 7.89. The first-order valence-corrected chi connectivity index (χ1v) is 18.7. The Bertz CT molecular complexity index is 1730. The second-order valence-corrected chi connectivity index (χ2v) is 16.1. The van der Waals surface area contributed by atoms with E-state index in [4.69, 9.17) is 21.1 Å². The van der Waals surface area contributed by atoms with Crippen LogP contribution in [0, 0.1) is 5.92 Å². The fourth-order valence-corrected chi connectivity index (χ4v) is 7.53. The molecule has 0 spiro atoms. The highest BCUT2D eigenvalue weighted by atomic mass is 35.5. The van der Waals surface area contributed by atoms with E-state index in [0.29, 0.717) is 28.9 Å². The van der Waals surface area contributed by atoms with Crippen molar-refractivity contribution in [3.63, 3.8) is 0 Å². The summed E-state index contributed by atoms with van der Waals surface area (Å²) in [6.07, 6.45) is 5.27. The minimum absolute atomic E-state index is 0.0239. The Morgan fingerprint density at radius 3 is 2.10 bits per heavy atom.